The molecular weight excluding hydrogens is 446 g/mol. The van der Waals surface area contributed by atoms with Crippen molar-refractivity contribution in [2.75, 3.05) is 0 Å². The van der Waals surface area contributed by atoms with E-state index in [1.54, 1.807) is 0 Å². The zero-order chi connectivity index (χ0) is 24.1. The molecule has 8 heteroatoms. The predicted octanol–water partition coefficient (Wildman–Crippen LogP) is 8.10. The summed E-state index contributed by atoms with van der Waals surface area (Å²) in [5.41, 5.74) is 2.38. The van der Waals surface area contributed by atoms with E-state index in [-0.39, 0.29) is 6.10 Å². The van der Waals surface area contributed by atoms with E-state index in [4.69, 9.17) is 4.74 Å². The molecule has 1 aliphatic carbocycles. The van der Waals surface area contributed by atoms with E-state index in [1.165, 1.54) is 37.8 Å². The molecule has 0 aliphatic heterocycles. The Morgan fingerprint density at radius 1 is 0.909 bits per heavy atom. The first-order valence-electron chi connectivity index (χ1n) is 11.2. The topological polar surface area (TPSA) is 18.5 Å². The highest BCUT2D eigenvalue weighted by Crippen LogP contribution is 2.37. The lowest BCUT2D eigenvalue weighted by molar-refractivity contribution is -0.304. The molecule has 1 atom stereocenters. The van der Waals surface area contributed by atoms with Gasteiger partial charge in [-0.25, -0.2) is 4.39 Å². The Kier molecular flexibility index (Phi) is 8.32. The lowest BCUT2D eigenvalue weighted by Crippen LogP contribution is -2.45. The fourth-order valence-electron chi connectivity index (χ4n) is 4.23. The third kappa shape index (κ3) is 6.88. The van der Waals surface area contributed by atoms with E-state index in [2.05, 4.69) is 11.7 Å². The lowest BCUT2D eigenvalue weighted by atomic mass is 9.85. The second kappa shape index (κ2) is 10.8. The third-order valence-corrected chi connectivity index (χ3v) is 5.98. The van der Waals surface area contributed by atoms with Crippen LogP contribution in [0.2, 0.25) is 0 Å². The number of alkyl halides is 6. The molecular formula is C25H28F6O2. The molecule has 0 bridgehead atoms. The summed E-state index contributed by atoms with van der Waals surface area (Å²) in [4.78, 5) is 0. The maximum atomic E-state index is 13.5. The fourth-order valence-corrected chi connectivity index (χ4v) is 4.23. The van der Waals surface area contributed by atoms with Crippen LogP contribution in [0.1, 0.15) is 51.0 Å². The van der Waals surface area contributed by atoms with Crippen LogP contribution in [0.3, 0.4) is 0 Å². The maximum Gasteiger partial charge on any atom is 0.439 e. The minimum Gasteiger partial charge on any atom is -0.430 e. The molecule has 0 saturated heterocycles. The molecule has 2 aromatic carbocycles. The molecule has 0 spiro atoms. The van der Waals surface area contributed by atoms with Gasteiger partial charge in [0.2, 0.25) is 0 Å². The summed E-state index contributed by atoms with van der Waals surface area (Å²) < 4.78 is 87.1. The van der Waals surface area contributed by atoms with Gasteiger partial charge in [0.25, 0.3) is 6.17 Å². The predicted molar refractivity (Wildman–Crippen MR) is 114 cm³/mol. The van der Waals surface area contributed by atoms with Gasteiger partial charge in [0.05, 0.1) is 12.7 Å². The number of rotatable bonds is 9. The summed E-state index contributed by atoms with van der Waals surface area (Å²) in [5.74, 6) is 0.215. The Labute approximate surface area is 189 Å². The van der Waals surface area contributed by atoms with E-state index < -0.39 is 24.2 Å². The Bertz CT molecular complexity index is 873. The number of hydrogen-bond acceptors (Lipinski definition) is 2. The van der Waals surface area contributed by atoms with E-state index in [0.717, 1.165) is 42.0 Å². The first-order valence-corrected chi connectivity index (χ1v) is 11.2. The van der Waals surface area contributed by atoms with Crippen LogP contribution in [0.15, 0.2) is 48.5 Å². The normalized spacial score (nSPS) is 20.5. The monoisotopic (exact) mass is 474 g/mol. The second-order valence-electron chi connectivity index (χ2n) is 8.49. The van der Waals surface area contributed by atoms with Crippen molar-refractivity contribution in [3.05, 3.63) is 54.1 Å². The van der Waals surface area contributed by atoms with Gasteiger partial charge < -0.3 is 9.47 Å². The van der Waals surface area contributed by atoms with Crippen LogP contribution in [0.5, 0.6) is 5.75 Å². The van der Waals surface area contributed by atoms with Crippen LogP contribution < -0.4 is 4.74 Å². The van der Waals surface area contributed by atoms with Gasteiger partial charge >= 0.3 is 12.3 Å². The molecule has 0 aromatic heterocycles. The first kappa shape index (κ1) is 25.4. The minimum absolute atomic E-state index is 0.200. The van der Waals surface area contributed by atoms with Crippen LogP contribution >= 0.6 is 0 Å². The van der Waals surface area contributed by atoms with E-state index in [0.29, 0.717) is 12.2 Å². The standard InChI is InChI=1S/C25H28F6O2/c1-2-5-17-8-12-20(13-9-17)32-16-19-6-3-4-7-22(19)18-10-14-21(15-11-18)33-25(30,31)23(26)24(27,28)29/h3-4,6-7,10-11,14-15,17,20,23H,2,5,8-9,12-13,16H2,1H3. The quantitative estimate of drug-likeness (QED) is 0.342. The van der Waals surface area contributed by atoms with Crippen LogP contribution in [0, 0.1) is 5.92 Å². The van der Waals surface area contributed by atoms with Gasteiger partial charge in [0.15, 0.2) is 0 Å². The minimum atomic E-state index is -5.72. The van der Waals surface area contributed by atoms with Crippen molar-refractivity contribution in [1.29, 1.82) is 0 Å². The number of benzene rings is 2. The van der Waals surface area contributed by atoms with Gasteiger partial charge in [-0.05, 0) is 60.4 Å². The van der Waals surface area contributed by atoms with Gasteiger partial charge in [-0.1, -0.05) is 56.2 Å². The molecule has 182 valence electrons. The van der Waals surface area contributed by atoms with Gasteiger partial charge in [0, 0.05) is 0 Å². The molecule has 0 N–H and O–H groups in total. The smallest absolute Gasteiger partial charge is 0.430 e. The number of halogens is 6. The Morgan fingerprint density at radius 3 is 2.15 bits per heavy atom. The Balaban J connectivity index is 1.64. The third-order valence-electron chi connectivity index (χ3n) is 5.98. The van der Waals surface area contributed by atoms with Crippen LogP contribution in [0.25, 0.3) is 11.1 Å². The molecule has 3 rings (SSSR count). The number of hydrogen-bond donors (Lipinski definition) is 0. The molecule has 2 aromatic rings. The van der Waals surface area contributed by atoms with Crippen molar-refractivity contribution in [3.8, 4) is 16.9 Å². The fraction of sp³-hybridized carbons (Fsp3) is 0.520. The van der Waals surface area contributed by atoms with Crippen molar-refractivity contribution >= 4 is 0 Å². The molecule has 1 aliphatic rings. The summed E-state index contributed by atoms with van der Waals surface area (Å²) in [5, 5.41) is 0. The Hall–Kier alpha value is -2.22. The first-order chi connectivity index (χ1) is 15.6. The molecule has 2 nitrogen and oxygen atoms in total. The molecule has 1 saturated carbocycles. The van der Waals surface area contributed by atoms with Gasteiger partial charge in [-0.3, -0.25) is 0 Å². The van der Waals surface area contributed by atoms with Gasteiger partial charge in [-0.2, -0.15) is 22.0 Å². The van der Waals surface area contributed by atoms with Crippen LogP contribution in [-0.2, 0) is 11.3 Å². The summed E-state index contributed by atoms with van der Waals surface area (Å²) in [7, 11) is 0. The van der Waals surface area contributed by atoms with E-state index in [1.807, 2.05) is 24.3 Å². The summed E-state index contributed by atoms with van der Waals surface area (Å²) >= 11 is 0. The van der Waals surface area contributed by atoms with E-state index in [9.17, 15) is 26.3 Å². The van der Waals surface area contributed by atoms with Crippen molar-refractivity contribution in [1.82, 2.24) is 0 Å². The molecule has 0 amide bonds. The summed E-state index contributed by atoms with van der Waals surface area (Å²) in [6.07, 6.45) is -8.13. The highest BCUT2D eigenvalue weighted by molar-refractivity contribution is 5.67. The summed E-state index contributed by atoms with van der Waals surface area (Å²) in [6, 6.07) is 12.5. The zero-order valence-electron chi connectivity index (χ0n) is 18.4. The van der Waals surface area contributed by atoms with Crippen LogP contribution in [0.4, 0.5) is 26.3 Å². The largest absolute Gasteiger partial charge is 0.439 e. The Morgan fingerprint density at radius 2 is 1.55 bits per heavy atom. The van der Waals surface area contributed by atoms with Crippen molar-refractivity contribution in [3.63, 3.8) is 0 Å². The summed E-state index contributed by atoms with van der Waals surface area (Å²) in [6.45, 7) is 2.59. The highest BCUT2D eigenvalue weighted by atomic mass is 19.4. The van der Waals surface area contributed by atoms with Gasteiger partial charge in [0.1, 0.15) is 5.75 Å². The molecule has 33 heavy (non-hydrogen) atoms. The maximum absolute atomic E-state index is 13.5. The SMILES string of the molecule is CCCC1CCC(OCc2ccccc2-c2ccc(OC(F)(F)C(F)C(F)(F)F)cc2)CC1. The van der Waals surface area contributed by atoms with Gasteiger partial charge in [-0.15, -0.1) is 0 Å². The molecule has 0 radical (unpaired) electrons. The second-order valence-corrected chi connectivity index (χ2v) is 8.49. The average Bonchev–Trinajstić information content (AvgIpc) is 2.78. The average molecular weight is 474 g/mol. The van der Waals surface area contributed by atoms with Crippen LogP contribution in [-0.4, -0.2) is 24.6 Å². The zero-order valence-corrected chi connectivity index (χ0v) is 18.4. The lowest BCUT2D eigenvalue weighted by Gasteiger charge is -2.28. The van der Waals surface area contributed by atoms with Crippen molar-refractivity contribution in [2.45, 2.75) is 76.6 Å². The molecule has 1 unspecified atom stereocenters. The highest BCUT2D eigenvalue weighted by Gasteiger charge is 2.59. The molecule has 1 fully saturated rings. The van der Waals surface area contributed by atoms with E-state index >= 15 is 0 Å². The van der Waals surface area contributed by atoms with Crippen molar-refractivity contribution in [2.24, 2.45) is 5.92 Å². The number of ether oxygens (including phenoxy) is 2. The van der Waals surface area contributed by atoms with Crippen molar-refractivity contribution < 1.29 is 35.8 Å². The molecule has 0 heterocycles.